The van der Waals surface area contributed by atoms with Crippen LogP contribution in [0.3, 0.4) is 0 Å². The fourth-order valence-electron chi connectivity index (χ4n) is 7.15. The number of hydrogen-bond acceptors (Lipinski definition) is 8. The van der Waals surface area contributed by atoms with Crippen molar-refractivity contribution in [3.05, 3.63) is 82.6 Å². The number of carbonyl (C=O) groups is 1. The summed E-state index contributed by atoms with van der Waals surface area (Å²) in [5, 5.41) is 14.0. The minimum atomic E-state index is -0.536. The molecular weight excluding hydrogens is 514 g/mol. The highest BCUT2D eigenvalue weighted by molar-refractivity contribution is 5.95. The molecule has 2 N–H and O–H groups in total. The van der Waals surface area contributed by atoms with Crippen molar-refractivity contribution in [1.29, 1.82) is 0 Å². The predicted molar refractivity (Wildman–Crippen MR) is 159 cm³/mol. The van der Waals surface area contributed by atoms with Crippen LogP contribution in [0.5, 0.6) is 0 Å². The Balaban J connectivity index is 1.13. The minimum Gasteiger partial charge on any atom is -0.392 e. The highest BCUT2D eigenvalue weighted by atomic mass is 16.3. The number of aryl methyl sites for hydroxylation is 1. The van der Waals surface area contributed by atoms with Crippen LogP contribution in [0.4, 0.5) is 11.6 Å². The SMILES string of the molecule is CN1C=CC(Nc2ccc(C3CCN3C)cn2)C(=O)C1c1ccnc(N2CCc3c(cc4n3CCCC4)C2)c1CO. The number of rotatable bonds is 6. The molecule has 3 aromatic heterocycles. The number of hydrogen-bond donors (Lipinski definition) is 2. The number of aromatic nitrogens is 3. The van der Waals surface area contributed by atoms with E-state index in [1.54, 1.807) is 6.20 Å². The second kappa shape index (κ2) is 10.6. The molecule has 9 nitrogen and oxygen atoms in total. The lowest BCUT2D eigenvalue weighted by atomic mass is 9.91. The van der Waals surface area contributed by atoms with E-state index < -0.39 is 12.1 Å². The van der Waals surface area contributed by atoms with E-state index in [1.165, 1.54) is 35.4 Å². The first kappa shape index (κ1) is 26.2. The van der Waals surface area contributed by atoms with Crippen LogP contribution in [-0.2, 0) is 37.3 Å². The summed E-state index contributed by atoms with van der Waals surface area (Å²) in [7, 11) is 4.04. The Morgan fingerprint density at radius 1 is 1.07 bits per heavy atom. The van der Waals surface area contributed by atoms with Crippen LogP contribution in [0, 0.1) is 0 Å². The van der Waals surface area contributed by atoms with E-state index >= 15 is 0 Å². The van der Waals surface area contributed by atoms with E-state index in [0.29, 0.717) is 11.9 Å². The maximum absolute atomic E-state index is 13.9. The van der Waals surface area contributed by atoms with Gasteiger partial charge in [0.25, 0.3) is 0 Å². The molecule has 9 heteroatoms. The molecule has 4 aliphatic heterocycles. The Kier molecular flexibility index (Phi) is 6.79. The first-order chi connectivity index (χ1) is 20.0. The van der Waals surface area contributed by atoms with Gasteiger partial charge in [-0.05, 0) is 79.9 Å². The van der Waals surface area contributed by atoms with Crippen LogP contribution in [0.15, 0.2) is 48.9 Å². The monoisotopic (exact) mass is 553 g/mol. The number of ketones is 1. The number of Topliss-reactive ketones (excluding diaryl/α,β-unsaturated/α-hetero) is 1. The van der Waals surface area contributed by atoms with Gasteiger partial charge in [-0.15, -0.1) is 0 Å². The van der Waals surface area contributed by atoms with Crippen LogP contribution in [0.1, 0.15) is 65.0 Å². The quantitative estimate of drug-likeness (QED) is 0.479. The Morgan fingerprint density at radius 2 is 1.98 bits per heavy atom. The second-order valence-corrected chi connectivity index (χ2v) is 11.9. The summed E-state index contributed by atoms with van der Waals surface area (Å²) in [6, 6.07) is 7.69. The van der Waals surface area contributed by atoms with Gasteiger partial charge in [-0.25, -0.2) is 9.97 Å². The molecule has 0 aromatic carbocycles. The summed E-state index contributed by atoms with van der Waals surface area (Å²) in [6.45, 7) is 3.68. The molecule has 3 atom stereocenters. The zero-order valence-corrected chi connectivity index (χ0v) is 24.0. The lowest BCUT2D eigenvalue weighted by Crippen LogP contribution is -2.42. The molecule has 3 aromatic rings. The second-order valence-electron chi connectivity index (χ2n) is 11.9. The van der Waals surface area contributed by atoms with Crippen molar-refractivity contribution < 1.29 is 9.90 Å². The average molecular weight is 554 g/mol. The highest BCUT2D eigenvalue weighted by Gasteiger charge is 2.36. The third kappa shape index (κ3) is 4.61. The fourth-order valence-corrected chi connectivity index (χ4v) is 7.15. The van der Waals surface area contributed by atoms with Crippen molar-refractivity contribution in [2.24, 2.45) is 0 Å². The first-order valence-corrected chi connectivity index (χ1v) is 14.9. The van der Waals surface area contributed by atoms with E-state index in [9.17, 15) is 9.90 Å². The third-order valence-electron chi connectivity index (χ3n) is 9.51. The topological polar surface area (TPSA) is 89.8 Å². The van der Waals surface area contributed by atoms with Crippen LogP contribution in [0.2, 0.25) is 0 Å². The Labute approximate surface area is 241 Å². The molecule has 1 saturated heterocycles. The first-order valence-electron chi connectivity index (χ1n) is 14.9. The fraction of sp³-hybridized carbons (Fsp3) is 0.469. The molecule has 0 saturated carbocycles. The number of likely N-dealkylation sites (N-methyl/N-ethyl adjacent to an activating group) is 1. The largest absolute Gasteiger partial charge is 0.392 e. The lowest BCUT2D eigenvalue weighted by Gasteiger charge is -2.38. The molecule has 1 fully saturated rings. The molecule has 0 amide bonds. The summed E-state index contributed by atoms with van der Waals surface area (Å²) >= 11 is 0. The number of pyridine rings is 2. The number of nitrogens with one attached hydrogen (secondary N) is 1. The molecule has 41 heavy (non-hydrogen) atoms. The zero-order chi connectivity index (χ0) is 28.1. The average Bonchev–Trinajstić information content (AvgIpc) is 3.36. The van der Waals surface area contributed by atoms with Crippen molar-refractivity contribution in [3.8, 4) is 0 Å². The van der Waals surface area contributed by atoms with E-state index in [1.807, 2.05) is 42.6 Å². The standard InChI is InChI=1S/C32H39N7O2/c1-36-15-10-27(36)21-6-7-29(34-18-21)35-26-9-14-37(2)30(31(26)41)24-8-12-33-32(25(24)20-40)38-16-11-28-22(19-38)17-23-5-3-4-13-39(23)28/h6-9,12,14,17-18,26-27,30,40H,3-5,10-11,13,15-16,19-20H2,1-2H3,(H,34,35). The molecule has 4 aliphatic rings. The summed E-state index contributed by atoms with van der Waals surface area (Å²) in [6.07, 6.45) is 13.3. The van der Waals surface area contributed by atoms with Gasteiger partial charge in [0.2, 0.25) is 0 Å². The predicted octanol–water partition coefficient (Wildman–Crippen LogP) is 3.60. The third-order valence-corrected chi connectivity index (χ3v) is 9.51. The minimum absolute atomic E-state index is 0.0208. The molecule has 3 unspecified atom stereocenters. The van der Waals surface area contributed by atoms with Gasteiger partial charge in [-0.2, -0.15) is 0 Å². The van der Waals surface area contributed by atoms with Crippen LogP contribution < -0.4 is 10.2 Å². The van der Waals surface area contributed by atoms with E-state index in [4.69, 9.17) is 4.98 Å². The maximum atomic E-state index is 13.9. The van der Waals surface area contributed by atoms with Crippen LogP contribution >= 0.6 is 0 Å². The zero-order valence-electron chi connectivity index (χ0n) is 24.0. The number of aliphatic hydroxyl groups excluding tert-OH is 1. The Hall–Kier alpha value is -3.69. The van der Waals surface area contributed by atoms with Gasteiger partial charge < -0.3 is 24.8 Å². The normalized spacial score (nSPS) is 24.2. The molecular formula is C32H39N7O2. The van der Waals surface area contributed by atoms with Crippen LogP contribution in [-0.4, -0.2) is 68.5 Å². The molecule has 7 heterocycles. The lowest BCUT2D eigenvalue weighted by molar-refractivity contribution is -0.123. The van der Waals surface area contributed by atoms with Gasteiger partial charge in [0, 0.05) is 75.0 Å². The van der Waals surface area contributed by atoms with E-state index in [-0.39, 0.29) is 12.4 Å². The van der Waals surface area contributed by atoms with E-state index in [0.717, 1.165) is 62.4 Å². The molecule has 0 bridgehead atoms. The number of likely N-dealkylation sites (tertiary alicyclic amines) is 1. The molecule has 0 spiro atoms. The Morgan fingerprint density at radius 3 is 2.73 bits per heavy atom. The Bertz CT molecular complexity index is 1480. The maximum Gasteiger partial charge on any atom is 0.185 e. The van der Waals surface area contributed by atoms with Crippen molar-refractivity contribution in [2.75, 3.05) is 37.4 Å². The van der Waals surface area contributed by atoms with Crippen molar-refractivity contribution in [2.45, 2.75) is 69.9 Å². The smallest absolute Gasteiger partial charge is 0.185 e. The number of anilines is 2. The summed E-state index contributed by atoms with van der Waals surface area (Å²) in [5.41, 5.74) is 7.01. The molecule has 0 radical (unpaired) electrons. The number of fused-ring (bicyclic) bond motifs is 3. The molecule has 7 rings (SSSR count). The highest BCUT2D eigenvalue weighted by Crippen LogP contribution is 2.36. The summed E-state index contributed by atoms with van der Waals surface area (Å²) in [4.78, 5) is 29.8. The van der Waals surface area contributed by atoms with Gasteiger partial charge in [-0.1, -0.05) is 6.07 Å². The summed E-state index contributed by atoms with van der Waals surface area (Å²) < 4.78 is 2.52. The van der Waals surface area contributed by atoms with Crippen molar-refractivity contribution in [1.82, 2.24) is 24.3 Å². The van der Waals surface area contributed by atoms with Crippen LogP contribution in [0.25, 0.3) is 0 Å². The van der Waals surface area contributed by atoms with Crippen molar-refractivity contribution in [3.63, 3.8) is 0 Å². The number of aliphatic hydroxyl groups is 1. The van der Waals surface area contributed by atoms with Crippen molar-refractivity contribution >= 4 is 17.4 Å². The molecule has 214 valence electrons. The molecule has 0 aliphatic carbocycles. The van der Waals surface area contributed by atoms with Gasteiger partial charge in [0.05, 0.1) is 6.61 Å². The summed E-state index contributed by atoms with van der Waals surface area (Å²) in [5.74, 6) is 1.48. The van der Waals surface area contributed by atoms with Gasteiger partial charge in [0.15, 0.2) is 5.78 Å². The number of carbonyl (C=O) groups excluding carboxylic acids is 1. The van der Waals surface area contributed by atoms with Gasteiger partial charge in [-0.3, -0.25) is 9.69 Å². The van der Waals surface area contributed by atoms with E-state index in [2.05, 4.69) is 43.8 Å². The van der Waals surface area contributed by atoms with Gasteiger partial charge in [0.1, 0.15) is 23.7 Å². The number of nitrogens with zero attached hydrogens (tertiary/aromatic N) is 6. The van der Waals surface area contributed by atoms with Gasteiger partial charge >= 0.3 is 0 Å².